The Hall–Kier alpha value is -3.42. The van der Waals surface area contributed by atoms with E-state index in [9.17, 15) is 9.90 Å². The topological polar surface area (TPSA) is 127 Å². The summed E-state index contributed by atoms with van der Waals surface area (Å²) in [6.45, 7) is 0.0623. The summed E-state index contributed by atoms with van der Waals surface area (Å²) in [7, 11) is 1.48. The van der Waals surface area contributed by atoms with Gasteiger partial charge in [0, 0.05) is 11.3 Å². The summed E-state index contributed by atoms with van der Waals surface area (Å²) >= 11 is 0. The number of carbonyl (C=O) groups is 1. The van der Waals surface area contributed by atoms with Crippen LogP contribution in [-0.4, -0.2) is 30.8 Å². The fraction of sp³-hybridized carbons (Fsp3) is 0.176. The lowest BCUT2D eigenvalue weighted by Crippen LogP contribution is -2.20. The number of hydrogen-bond donors (Lipinski definition) is 4. The molecule has 8 nitrogen and oxygen atoms in total. The van der Waals surface area contributed by atoms with Gasteiger partial charge in [0.15, 0.2) is 17.5 Å². The Bertz CT molecular complexity index is 820. The molecule has 5 N–H and O–H groups in total. The maximum atomic E-state index is 11.7. The first-order valence-electron chi connectivity index (χ1n) is 7.41. The van der Waals surface area contributed by atoms with Crippen molar-refractivity contribution in [3.8, 4) is 17.2 Å². The van der Waals surface area contributed by atoms with Crippen LogP contribution in [-0.2, 0) is 4.79 Å². The number of carboxylic acids is 1. The van der Waals surface area contributed by atoms with Gasteiger partial charge in [0.25, 0.3) is 0 Å². The van der Waals surface area contributed by atoms with Gasteiger partial charge in [-0.25, -0.2) is 4.79 Å². The van der Waals surface area contributed by atoms with E-state index in [0.29, 0.717) is 34.1 Å². The number of methoxy groups -OCH3 is 1. The van der Waals surface area contributed by atoms with E-state index in [1.807, 2.05) is 0 Å². The molecule has 25 heavy (non-hydrogen) atoms. The molecule has 3 rings (SSSR count). The first-order valence-corrected chi connectivity index (χ1v) is 7.41. The van der Waals surface area contributed by atoms with Gasteiger partial charge in [-0.3, -0.25) is 5.41 Å². The van der Waals surface area contributed by atoms with Gasteiger partial charge in [0.05, 0.1) is 7.11 Å². The Kier molecular flexibility index (Phi) is 4.34. The quantitative estimate of drug-likeness (QED) is 0.466. The maximum Gasteiger partial charge on any atom is 0.330 e. The second-order valence-electron chi connectivity index (χ2n) is 5.36. The highest BCUT2D eigenvalue weighted by atomic mass is 16.7. The van der Waals surface area contributed by atoms with E-state index < -0.39 is 12.0 Å². The van der Waals surface area contributed by atoms with E-state index in [0.717, 1.165) is 0 Å². The molecule has 8 heteroatoms. The largest absolute Gasteiger partial charge is 0.493 e. The number of rotatable bonds is 6. The molecule has 1 aliphatic heterocycles. The molecule has 1 atom stereocenters. The minimum atomic E-state index is -1.06. The summed E-state index contributed by atoms with van der Waals surface area (Å²) in [5.41, 5.74) is 7.02. The Morgan fingerprint density at radius 2 is 2.04 bits per heavy atom. The second kappa shape index (κ2) is 6.60. The van der Waals surface area contributed by atoms with Gasteiger partial charge in [-0.1, -0.05) is 0 Å². The summed E-state index contributed by atoms with van der Waals surface area (Å²) in [4.78, 5) is 11.7. The first-order chi connectivity index (χ1) is 12.0. The molecule has 1 heterocycles. The smallest absolute Gasteiger partial charge is 0.330 e. The molecule has 0 aliphatic carbocycles. The highest BCUT2D eigenvalue weighted by molar-refractivity contribution is 5.95. The van der Waals surface area contributed by atoms with Crippen molar-refractivity contribution in [1.82, 2.24) is 0 Å². The maximum absolute atomic E-state index is 11.7. The van der Waals surface area contributed by atoms with Gasteiger partial charge in [0.2, 0.25) is 12.5 Å². The van der Waals surface area contributed by atoms with Crippen molar-refractivity contribution in [3.05, 3.63) is 47.5 Å². The average Bonchev–Trinajstić information content (AvgIpc) is 3.07. The molecule has 0 amide bonds. The van der Waals surface area contributed by atoms with Crippen LogP contribution >= 0.6 is 0 Å². The van der Waals surface area contributed by atoms with Crippen molar-refractivity contribution in [1.29, 1.82) is 5.41 Å². The number of amidine groups is 1. The van der Waals surface area contributed by atoms with Crippen LogP contribution in [0.2, 0.25) is 0 Å². The number of nitrogen functional groups attached to an aromatic ring is 1. The number of nitrogens with two attached hydrogens (primary N) is 1. The number of ether oxygens (including phenoxy) is 3. The number of carboxylic acid groups (broad SMARTS) is 1. The van der Waals surface area contributed by atoms with Crippen LogP contribution < -0.4 is 25.3 Å². The SMILES string of the molecule is COc1cc(C(Nc2ccc(C(=N)N)cc2)C(=O)O)cc2c1OCO2. The van der Waals surface area contributed by atoms with Crippen LogP contribution in [0.4, 0.5) is 5.69 Å². The lowest BCUT2D eigenvalue weighted by atomic mass is 10.0. The summed E-state index contributed by atoms with van der Waals surface area (Å²) in [6.07, 6.45) is 0. The van der Waals surface area contributed by atoms with Crippen molar-refractivity contribution in [2.24, 2.45) is 5.73 Å². The Labute approximate surface area is 143 Å². The van der Waals surface area contributed by atoms with E-state index in [2.05, 4.69) is 5.32 Å². The highest BCUT2D eigenvalue weighted by Gasteiger charge is 2.26. The Balaban J connectivity index is 1.91. The van der Waals surface area contributed by atoms with Crippen LogP contribution in [0.15, 0.2) is 36.4 Å². The predicted octanol–water partition coefficient (Wildman–Crippen LogP) is 1.95. The zero-order valence-electron chi connectivity index (χ0n) is 13.4. The number of aliphatic carboxylic acids is 1. The summed E-state index contributed by atoms with van der Waals surface area (Å²) in [5.74, 6) is 0.193. The van der Waals surface area contributed by atoms with Crippen LogP contribution in [0.3, 0.4) is 0 Å². The Morgan fingerprint density at radius 1 is 1.32 bits per heavy atom. The molecule has 0 saturated carbocycles. The monoisotopic (exact) mass is 343 g/mol. The van der Waals surface area contributed by atoms with E-state index in [1.54, 1.807) is 36.4 Å². The van der Waals surface area contributed by atoms with Crippen molar-refractivity contribution >= 4 is 17.5 Å². The molecule has 2 aromatic rings. The fourth-order valence-corrected chi connectivity index (χ4v) is 2.52. The summed E-state index contributed by atoms with van der Waals surface area (Å²) in [6, 6.07) is 8.80. The molecule has 130 valence electrons. The zero-order chi connectivity index (χ0) is 18.0. The minimum absolute atomic E-state index is 0.0539. The molecular formula is C17H17N3O5. The number of benzene rings is 2. The van der Waals surface area contributed by atoms with Crippen LogP contribution in [0.25, 0.3) is 0 Å². The van der Waals surface area contributed by atoms with E-state index in [-0.39, 0.29) is 12.6 Å². The van der Waals surface area contributed by atoms with Gasteiger partial charge in [-0.2, -0.15) is 0 Å². The van der Waals surface area contributed by atoms with E-state index in [4.69, 9.17) is 25.4 Å². The van der Waals surface area contributed by atoms with Gasteiger partial charge in [-0.15, -0.1) is 0 Å². The third-order valence-corrected chi connectivity index (χ3v) is 3.77. The molecule has 0 spiro atoms. The normalized spacial score (nSPS) is 13.2. The average molecular weight is 343 g/mol. The van der Waals surface area contributed by atoms with Gasteiger partial charge >= 0.3 is 5.97 Å². The fourth-order valence-electron chi connectivity index (χ4n) is 2.52. The summed E-state index contributed by atoms with van der Waals surface area (Å²) in [5, 5.41) is 19.9. The molecule has 0 aromatic heterocycles. The van der Waals surface area contributed by atoms with Crippen molar-refractivity contribution in [2.45, 2.75) is 6.04 Å². The van der Waals surface area contributed by atoms with Crippen molar-refractivity contribution in [3.63, 3.8) is 0 Å². The lowest BCUT2D eigenvalue weighted by molar-refractivity contribution is -0.138. The van der Waals surface area contributed by atoms with Gasteiger partial charge in [-0.05, 0) is 42.0 Å². The summed E-state index contributed by atoms with van der Waals surface area (Å²) < 4.78 is 15.9. The first kappa shape index (κ1) is 16.4. The third kappa shape index (κ3) is 3.27. The number of nitrogens with one attached hydrogen (secondary N) is 2. The molecule has 2 aromatic carbocycles. The Morgan fingerprint density at radius 3 is 2.64 bits per heavy atom. The van der Waals surface area contributed by atoms with E-state index in [1.165, 1.54) is 7.11 Å². The minimum Gasteiger partial charge on any atom is -0.493 e. The molecule has 0 radical (unpaired) electrons. The van der Waals surface area contributed by atoms with Crippen LogP contribution in [0, 0.1) is 5.41 Å². The molecular weight excluding hydrogens is 326 g/mol. The molecule has 0 saturated heterocycles. The van der Waals surface area contributed by atoms with E-state index >= 15 is 0 Å². The zero-order valence-corrected chi connectivity index (χ0v) is 13.4. The van der Waals surface area contributed by atoms with Gasteiger partial charge in [0.1, 0.15) is 5.84 Å². The lowest BCUT2D eigenvalue weighted by Gasteiger charge is -2.18. The van der Waals surface area contributed by atoms with Crippen LogP contribution in [0.1, 0.15) is 17.2 Å². The third-order valence-electron chi connectivity index (χ3n) is 3.77. The van der Waals surface area contributed by atoms with Crippen molar-refractivity contribution in [2.75, 3.05) is 19.2 Å². The van der Waals surface area contributed by atoms with Crippen LogP contribution in [0.5, 0.6) is 17.2 Å². The molecule has 1 aliphatic rings. The molecule has 1 unspecified atom stereocenters. The number of hydrogen-bond acceptors (Lipinski definition) is 6. The predicted molar refractivity (Wildman–Crippen MR) is 90.6 cm³/mol. The van der Waals surface area contributed by atoms with Gasteiger partial charge < -0.3 is 30.4 Å². The number of fused-ring (bicyclic) bond motifs is 1. The standard InChI is InChI=1S/C17H17N3O5/c1-23-12-6-10(7-13-15(12)25-8-24-13)14(17(21)22)20-11-4-2-9(3-5-11)16(18)19/h2-7,14,20H,8H2,1H3,(H3,18,19)(H,21,22). The number of anilines is 1. The van der Waals surface area contributed by atoms with Crippen molar-refractivity contribution < 1.29 is 24.1 Å². The second-order valence-corrected chi connectivity index (χ2v) is 5.36. The molecule has 0 bridgehead atoms. The highest BCUT2D eigenvalue weighted by Crippen LogP contribution is 2.43. The molecule has 0 fully saturated rings.